The van der Waals surface area contributed by atoms with Crippen molar-refractivity contribution in [2.45, 2.75) is 32.4 Å². The Labute approximate surface area is 107 Å². The van der Waals surface area contributed by atoms with Crippen molar-refractivity contribution in [1.82, 2.24) is 4.98 Å². The van der Waals surface area contributed by atoms with E-state index in [2.05, 4.69) is 42.3 Å². The minimum Gasteiger partial charge on any atom is -0.379 e. The summed E-state index contributed by atoms with van der Waals surface area (Å²) in [5, 5.41) is 4.79. The number of anilines is 1. The Balaban J connectivity index is 1.99. The maximum atomic E-state index is 5.60. The number of benzene rings is 1. The fourth-order valence-electron chi connectivity index (χ4n) is 2.56. The van der Waals surface area contributed by atoms with E-state index < -0.39 is 0 Å². The zero-order valence-electron chi connectivity index (χ0n) is 10.8. The zero-order valence-corrected chi connectivity index (χ0v) is 10.8. The lowest BCUT2D eigenvalue weighted by Gasteiger charge is -2.19. The number of aryl methyl sites for hydroxylation is 1. The highest BCUT2D eigenvalue weighted by atomic mass is 16.5. The van der Waals surface area contributed by atoms with Gasteiger partial charge in [0.25, 0.3) is 0 Å². The normalized spacial score (nSPS) is 23.4. The standard InChI is InChI=1S/C15H18N2O/c1-10-5-6-14(12-4-3-8-16-15(10)12)17-13-7-9-18-11(13)2/h3-6,8,11,13,17H,7,9H2,1-2H3. The first-order valence-corrected chi connectivity index (χ1v) is 6.48. The van der Waals surface area contributed by atoms with Crippen LogP contribution in [0.5, 0.6) is 0 Å². The van der Waals surface area contributed by atoms with Gasteiger partial charge >= 0.3 is 0 Å². The third-order valence-electron chi connectivity index (χ3n) is 3.69. The van der Waals surface area contributed by atoms with E-state index in [1.807, 2.05) is 12.3 Å². The summed E-state index contributed by atoms with van der Waals surface area (Å²) in [6, 6.07) is 8.78. The van der Waals surface area contributed by atoms with Gasteiger partial charge in [-0.1, -0.05) is 6.07 Å². The van der Waals surface area contributed by atoms with E-state index in [1.165, 1.54) is 10.9 Å². The number of aromatic nitrogens is 1. The smallest absolute Gasteiger partial charge is 0.0751 e. The lowest BCUT2D eigenvalue weighted by molar-refractivity contribution is 0.121. The first-order chi connectivity index (χ1) is 8.75. The summed E-state index contributed by atoms with van der Waals surface area (Å²) in [5.41, 5.74) is 3.45. The minimum atomic E-state index is 0.276. The van der Waals surface area contributed by atoms with E-state index in [4.69, 9.17) is 4.74 Å². The van der Waals surface area contributed by atoms with Crippen LogP contribution in [-0.2, 0) is 4.74 Å². The molecule has 0 radical (unpaired) electrons. The van der Waals surface area contributed by atoms with Crippen molar-refractivity contribution in [3.8, 4) is 0 Å². The molecule has 2 atom stereocenters. The van der Waals surface area contributed by atoms with Gasteiger partial charge in [-0.2, -0.15) is 0 Å². The van der Waals surface area contributed by atoms with Gasteiger partial charge in [-0.3, -0.25) is 4.98 Å². The van der Waals surface area contributed by atoms with Crippen molar-refractivity contribution in [2.75, 3.05) is 11.9 Å². The van der Waals surface area contributed by atoms with Crippen LogP contribution in [0.1, 0.15) is 18.9 Å². The Bertz CT molecular complexity index is 567. The number of hydrogen-bond donors (Lipinski definition) is 1. The highest BCUT2D eigenvalue weighted by Crippen LogP contribution is 2.27. The summed E-state index contributed by atoms with van der Waals surface area (Å²) in [5.74, 6) is 0. The lowest BCUT2D eigenvalue weighted by atomic mass is 10.1. The van der Waals surface area contributed by atoms with Crippen molar-refractivity contribution < 1.29 is 4.74 Å². The van der Waals surface area contributed by atoms with Gasteiger partial charge in [-0.15, -0.1) is 0 Å². The zero-order chi connectivity index (χ0) is 12.5. The van der Waals surface area contributed by atoms with E-state index in [0.717, 1.165) is 24.2 Å². The molecule has 1 fully saturated rings. The summed E-state index contributed by atoms with van der Waals surface area (Å²) in [4.78, 5) is 4.46. The average molecular weight is 242 g/mol. The Morgan fingerprint density at radius 1 is 1.33 bits per heavy atom. The predicted octanol–water partition coefficient (Wildman–Crippen LogP) is 3.13. The topological polar surface area (TPSA) is 34.1 Å². The van der Waals surface area contributed by atoms with Crippen molar-refractivity contribution in [3.63, 3.8) is 0 Å². The van der Waals surface area contributed by atoms with Crippen LogP contribution < -0.4 is 5.32 Å². The molecule has 0 aliphatic carbocycles. The summed E-state index contributed by atoms with van der Waals surface area (Å²) >= 11 is 0. The van der Waals surface area contributed by atoms with Crippen molar-refractivity contribution in [3.05, 3.63) is 36.0 Å². The molecule has 3 heteroatoms. The molecule has 3 nitrogen and oxygen atoms in total. The highest BCUT2D eigenvalue weighted by Gasteiger charge is 2.24. The van der Waals surface area contributed by atoms with Gasteiger partial charge in [0.15, 0.2) is 0 Å². The largest absolute Gasteiger partial charge is 0.379 e. The molecule has 94 valence electrons. The molecular weight excluding hydrogens is 224 g/mol. The third kappa shape index (κ3) is 1.95. The summed E-state index contributed by atoms with van der Waals surface area (Å²) in [6.45, 7) is 5.07. The van der Waals surface area contributed by atoms with Gasteiger partial charge in [0.05, 0.1) is 17.7 Å². The Morgan fingerprint density at radius 3 is 3.00 bits per heavy atom. The van der Waals surface area contributed by atoms with E-state index >= 15 is 0 Å². The third-order valence-corrected chi connectivity index (χ3v) is 3.69. The van der Waals surface area contributed by atoms with Crippen LogP contribution in [0.3, 0.4) is 0 Å². The fraction of sp³-hybridized carbons (Fsp3) is 0.400. The van der Waals surface area contributed by atoms with E-state index in [9.17, 15) is 0 Å². The van der Waals surface area contributed by atoms with Gasteiger partial charge in [0, 0.05) is 23.9 Å². The Kier molecular flexibility index (Phi) is 2.92. The van der Waals surface area contributed by atoms with Gasteiger partial charge in [0.1, 0.15) is 0 Å². The van der Waals surface area contributed by atoms with Crippen LogP contribution in [0.2, 0.25) is 0 Å². The predicted molar refractivity (Wildman–Crippen MR) is 73.9 cm³/mol. The molecule has 0 spiro atoms. The van der Waals surface area contributed by atoms with E-state index in [0.29, 0.717) is 6.04 Å². The maximum absolute atomic E-state index is 5.60. The van der Waals surface area contributed by atoms with Gasteiger partial charge < -0.3 is 10.1 Å². The van der Waals surface area contributed by atoms with Crippen molar-refractivity contribution >= 4 is 16.6 Å². The second-order valence-corrected chi connectivity index (χ2v) is 4.95. The summed E-state index contributed by atoms with van der Waals surface area (Å²) in [7, 11) is 0. The number of fused-ring (bicyclic) bond motifs is 1. The highest BCUT2D eigenvalue weighted by molar-refractivity contribution is 5.93. The van der Waals surface area contributed by atoms with Crippen LogP contribution >= 0.6 is 0 Å². The molecule has 2 heterocycles. The average Bonchev–Trinajstić information content (AvgIpc) is 2.79. The first-order valence-electron chi connectivity index (χ1n) is 6.48. The summed E-state index contributed by atoms with van der Waals surface area (Å²) in [6.07, 6.45) is 3.19. The lowest BCUT2D eigenvalue weighted by Crippen LogP contribution is -2.26. The number of pyridine rings is 1. The monoisotopic (exact) mass is 242 g/mol. The molecular formula is C15H18N2O. The van der Waals surface area contributed by atoms with Gasteiger partial charge in [-0.25, -0.2) is 0 Å². The number of ether oxygens (including phenoxy) is 1. The molecule has 1 aliphatic heterocycles. The Hall–Kier alpha value is -1.61. The second kappa shape index (κ2) is 4.58. The molecule has 1 N–H and O–H groups in total. The van der Waals surface area contributed by atoms with Crippen LogP contribution in [0, 0.1) is 6.92 Å². The molecule has 2 aromatic rings. The van der Waals surface area contributed by atoms with Crippen LogP contribution in [-0.4, -0.2) is 23.7 Å². The first kappa shape index (κ1) is 11.5. The van der Waals surface area contributed by atoms with Crippen LogP contribution in [0.25, 0.3) is 10.9 Å². The van der Waals surface area contributed by atoms with Crippen molar-refractivity contribution in [2.24, 2.45) is 0 Å². The molecule has 2 unspecified atom stereocenters. The fourth-order valence-corrected chi connectivity index (χ4v) is 2.56. The van der Waals surface area contributed by atoms with E-state index in [-0.39, 0.29) is 6.10 Å². The molecule has 3 rings (SSSR count). The number of nitrogens with zero attached hydrogens (tertiary/aromatic N) is 1. The van der Waals surface area contributed by atoms with E-state index in [1.54, 1.807) is 0 Å². The molecule has 1 aromatic carbocycles. The molecule has 0 bridgehead atoms. The molecule has 18 heavy (non-hydrogen) atoms. The quantitative estimate of drug-likeness (QED) is 0.878. The molecule has 1 saturated heterocycles. The van der Waals surface area contributed by atoms with Crippen molar-refractivity contribution in [1.29, 1.82) is 0 Å². The molecule has 1 aromatic heterocycles. The minimum absolute atomic E-state index is 0.276. The van der Waals surface area contributed by atoms with Gasteiger partial charge in [-0.05, 0) is 44.0 Å². The van der Waals surface area contributed by atoms with Gasteiger partial charge in [0.2, 0.25) is 0 Å². The van der Waals surface area contributed by atoms with Crippen LogP contribution in [0.4, 0.5) is 5.69 Å². The molecule has 1 aliphatic rings. The SMILES string of the molecule is Cc1ccc(NC2CCOC2C)c2cccnc12. The number of hydrogen-bond acceptors (Lipinski definition) is 3. The number of nitrogens with one attached hydrogen (secondary N) is 1. The molecule has 0 saturated carbocycles. The van der Waals surface area contributed by atoms with Crippen LogP contribution in [0.15, 0.2) is 30.5 Å². The maximum Gasteiger partial charge on any atom is 0.0751 e. The summed E-state index contributed by atoms with van der Waals surface area (Å²) < 4.78 is 5.60. The molecule has 0 amide bonds. The Morgan fingerprint density at radius 2 is 2.22 bits per heavy atom. The number of rotatable bonds is 2. The second-order valence-electron chi connectivity index (χ2n) is 4.95.